The van der Waals surface area contributed by atoms with Crippen molar-refractivity contribution in [3.63, 3.8) is 0 Å². The first-order chi connectivity index (χ1) is 16.3. The average molecular weight is 488 g/mol. The van der Waals surface area contributed by atoms with E-state index in [1.807, 2.05) is 0 Å². The number of hydrogen-bond donors (Lipinski definition) is 1. The van der Waals surface area contributed by atoms with Gasteiger partial charge in [-0.15, -0.1) is 0 Å². The van der Waals surface area contributed by atoms with E-state index in [0.29, 0.717) is 28.8 Å². The Hall–Kier alpha value is -3.86. The summed E-state index contributed by atoms with van der Waals surface area (Å²) in [7, 11) is 1.41. The Balaban J connectivity index is 1.65. The molecular weight excluding hydrogens is 467 g/mol. The number of carbonyl (C=O) groups is 4. The fraction of sp³-hybridized carbons (Fsp3) is 0.217. The first kappa shape index (κ1) is 24.8. The lowest BCUT2D eigenvalue weighted by molar-refractivity contribution is -0.146. The SMILES string of the molecule is CCOC(=O)CN1C(=O)S/C(=C\c2ccc(OCC(=O)Nc3ccc(F)cc3)c(OC)c2)C1=O. The number of carbonyl (C=O) groups excluding carboxylic acids is 4. The van der Waals surface area contributed by atoms with E-state index in [4.69, 9.17) is 14.2 Å². The maximum absolute atomic E-state index is 13.0. The third kappa shape index (κ3) is 6.35. The topological polar surface area (TPSA) is 111 Å². The summed E-state index contributed by atoms with van der Waals surface area (Å²) in [5.74, 6) is -1.55. The smallest absolute Gasteiger partial charge is 0.326 e. The monoisotopic (exact) mass is 488 g/mol. The minimum Gasteiger partial charge on any atom is -0.493 e. The van der Waals surface area contributed by atoms with Gasteiger partial charge in [-0.2, -0.15) is 0 Å². The highest BCUT2D eigenvalue weighted by Crippen LogP contribution is 2.34. The van der Waals surface area contributed by atoms with Crippen LogP contribution in [0.5, 0.6) is 11.5 Å². The van der Waals surface area contributed by atoms with E-state index in [1.165, 1.54) is 37.5 Å². The number of amides is 3. The molecule has 3 amide bonds. The second-order valence-electron chi connectivity index (χ2n) is 6.83. The lowest BCUT2D eigenvalue weighted by Gasteiger charge is -2.12. The molecule has 11 heteroatoms. The van der Waals surface area contributed by atoms with Crippen LogP contribution < -0.4 is 14.8 Å². The Kier molecular flexibility index (Phi) is 8.25. The number of methoxy groups -OCH3 is 1. The Labute approximate surface area is 198 Å². The molecule has 2 aromatic carbocycles. The molecule has 0 atom stereocenters. The van der Waals surface area contributed by atoms with Crippen molar-refractivity contribution in [2.45, 2.75) is 6.92 Å². The second kappa shape index (κ2) is 11.3. The Bertz CT molecular complexity index is 1130. The third-order valence-electron chi connectivity index (χ3n) is 4.44. The Morgan fingerprint density at radius 2 is 1.85 bits per heavy atom. The van der Waals surface area contributed by atoms with E-state index in [0.717, 1.165) is 4.90 Å². The van der Waals surface area contributed by atoms with Crippen molar-refractivity contribution in [2.75, 3.05) is 32.2 Å². The summed E-state index contributed by atoms with van der Waals surface area (Å²) < 4.78 is 28.6. The van der Waals surface area contributed by atoms with Gasteiger partial charge in [-0.25, -0.2) is 4.39 Å². The molecule has 2 aromatic rings. The molecule has 1 aliphatic rings. The number of esters is 1. The molecule has 0 aliphatic carbocycles. The van der Waals surface area contributed by atoms with E-state index in [9.17, 15) is 23.6 Å². The highest BCUT2D eigenvalue weighted by molar-refractivity contribution is 8.18. The molecule has 1 fully saturated rings. The molecule has 0 aromatic heterocycles. The quantitative estimate of drug-likeness (QED) is 0.422. The van der Waals surface area contributed by atoms with Crippen LogP contribution in [-0.4, -0.2) is 54.8 Å². The van der Waals surface area contributed by atoms with E-state index >= 15 is 0 Å². The molecule has 0 bridgehead atoms. The van der Waals surface area contributed by atoms with E-state index in [1.54, 1.807) is 25.1 Å². The predicted molar refractivity (Wildman–Crippen MR) is 123 cm³/mol. The summed E-state index contributed by atoms with van der Waals surface area (Å²) in [6.07, 6.45) is 1.49. The number of benzene rings is 2. The summed E-state index contributed by atoms with van der Waals surface area (Å²) in [6, 6.07) is 10.1. The van der Waals surface area contributed by atoms with Crippen molar-refractivity contribution < 1.29 is 37.8 Å². The fourth-order valence-corrected chi connectivity index (χ4v) is 3.73. The molecule has 1 aliphatic heterocycles. The Morgan fingerprint density at radius 1 is 1.12 bits per heavy atom. The van der Waals surface area contributed by atoms with Gasteiger partial charge in [0.1, 0.15) is 12.4 Å². The van der Waals surface area contributed by atoms with Crippen molar-refractivity contribution in [3.05, 3.63) is 58.8 Å². The first-order valence-corrected chi connectivity index (χ1v) is 10.9. The largest absolute Gasteiger partial charge is 0.493 e. The normalized spacial score (nSPS) is 14.3. The maximum Gasteiger partial charge on any atom is 0.326 e. The molecule has 178 valence electrons. The molecule has 34 heavy (non-hydrogen) atoms. The van der Waals surface area contributed by atoms with Gasteiger partial charge in [0, 0.05) is 5.69 Å². The van der Waals surface area contributed by atoms with Crippen LogP contribution in [0, 0.1) is 5.82 Å². The zero-order chi connectivity index (χ0) is 24.7. The number of hydrogen-bond acceptors (Lipinski definition) is 8. The lowest BCUT2D eigenvalue weighted by atomic mass is 10.2. The zero-order valence-corrected chi connectivity index (χ0v) is 19.1. The van der Waals surface area contributed by atoms with Crippen LogP contribution in [0.25, 0.3) is 6.08 Å². The van der Waals surface area contributed by atoms with Crippen LogP contribution in [-0.2, 0) is 19.1 Å². The van der Waals surface area contributed by atoms with Crippen molar-refractivity contribution in [2.24, 2.45) is 0 Å². The predicted octanol–water partition coefficient (Wildman–Crippen LogP) is 3.45. The third-order valence-corrected chi connectivity index (χ3v) is 5.35. The molecule has 0 radical (unpaired) electrons. The van der Waals surface area contributed by atoms with E-state index in [2.05, 4.69) is 5.32 Å². The fourth-order valence-electron chi connectivity index (χ4n) is 2.89. The number of anilines is 1. The molecule has 1 N–H and O–H groups in total. The van der Waals surface area contributed by atoms with Crippen molar-refractivity contribution in [1.29, 1.82) is 0 Å². The van der Waals surface area contributed by atoms with Gasteiger partial charge in [-0.3, -0.25) is 24.1 Å². The molecule has 9 nitrogen and oxygen atoms in total. The minimum absolute atomic E-state index is 0.142. The molecule has 3 rings (SSSR count). The van der Waals surface area contributed by atoms with Gasteiger partial charge in [-0.05, 0) is 66.7 Å². The number of nitrogens with zero attached hydrogens (tertiary/aromatic N) is 1. The summed E-state index contributed by atoms with van der Waals surface area (Å²) in [5, 5.41) is 2.01. The van der Waals surface area contributed by atoms with Crippen LogP contribution in [0.1, 0.15) is 12.5 Å². The number of imide groups is 1. The van der Waals surface area contributed by atoms with Gasteiger partial charge < -0.3 is 19.5 Å². The van der Waals surface area contributed by atoms with Crippen LogP contribution >= 0.6 is 11.8 Å². The number of rotatable bonds is 9. The van der Waals surface area contributed by atoms with Gasteiger partial charge in [-0.1, -0.05) is 6.07 Å². The summed E-state index contributed by atoms with van der Waals surface area (Å²) in [6.45, 7) is 1.00. The minimum atomic E-state index is -0.669. The van der Waals surface area contributed by atoms with Gasteiger partial charge in [0.25, 0.3) is 17.1 Å². The van der Waals surface area contributed by atoms with E-state index in [-0.39, 0.29) is 23.9 Å². The van der Waals surface area contributed by atoms with Crippen LogP contribution in [0.3, 0.4) is 0 Å². The molecule has 0 saturated carbocycles. The van der Waals surface area contributed by atoms with Crippen LogP contribution in [0.15, 0.2) is 47.4 Å². The van der Waals surface area contributed by atoms with E-state index < -0.39 is 35.4 Å². The number of halogens is 1. The molecule has 1 saturated heterocycles. The highest BCUT2D eigenvalue weighted by atomic mass is 32.2. The second-order valence-corrected chi connectivity index (χ2v) is 7.82. The maximum atomic E-state index is 13.0. The molecule has 0 unspecified atom stereocenters. The van der Waals surface area contributed by atoms with Gasteiger partial charge in [0.15, 0.2) is 18.1 Å². The lowest BCUT2D eigenvalue weighted by Crippen LogP contribution is -2.34. The standard InChI is InChI=1S/C23H21FN2O7S/c1-3-32-21(28)12-26-22(29)19(34-23(26)30)11-14-4-9-17(18(10-14)31-2)33-13-20(27)25-16-7-5-15(24)6-8-16/h4-11H,3,12-13H2,1-2H3,(H,25,27)/b19-11-. The number of thioether (sulfide) groups is 1. The van der Waals surface area contributed by atoms with Gasteiger partial charge >= 0.3 is 5.97 Å². The Morgan fingerprint density at radius 3 is 2.53 bits per heavy atom. The van der Waals surface area contributed by atoms with Gasteiger partial charge in [0.05, 0.1) is 18.6 Å². The molecular formula is C23H21FN2O7S. The van der Waals surface area contributed by atoms with Crippen molar-refractivity contribution in [3.8, 4) is 11.5 Å². The van der Waals surface area contributed by atoms with Crippen LogP contribution in [0.4, 0.5) is 14.9 Å². The zero-order valence-electron chi connectivity index (χ0n) is 18.3. The summed E-state index contributed by atoms with van der Waals surface area (Å²) in [4.78, 5) is 49.3. The number of nitrogens with one attached hydrogen (secondary N) is 1. The molecule has 0 spiro atoms. The molecule has 1 heterocycles. The highest BCUT2D eigenvalue weighted by Gasteiger charge is 2.36. The number of ether oxygens (including phenoxy) is 3. The van der Waals surface area contributed by atoms with Crippen LogP contribution in [0.2, 0.25) is 0 Å². The van der Waals surface area contributed by atoms with Gasteiger partial charge in [0.2, 0.25) is 0 Å². The first-order valence-electron chi connectivity index (χ1n) is 10.1. The summed E-state index contributed by atoms with van der Waals surface area (Å²) in [5.41, 5.74) is 0.968. The average Bonchev–Trinajstić information content (AvgIpc) is 3.07. The summed E-state index contributed by atoms with van der Waals surface area (Å²) >= 11 is 0.713. The van der Waals surface area contributed by atoms with Crippen molar-refractivity contribution in [1.82, 2.24) is 4.90 Å². The van der Waals surface area contributed by atoms with Crippen molar-refractivity contribution >= 4 is 46.5 Å².